The highest BCUT2D eigenvalue weighted by atomic mass is 32.2. The van der Waals surface area contributed by atoms with Crippen LogP contribution in [0.15, 0.2) is 0 Å². The fourth-order valence-corrected chi connectivity index (χ4v) is 6.67. The standard InChI is InChI=1S/C20H30N2O4S/c1-14(2)9-19(24)22-17-7-8-27(25,26)20(12-17)10-16(11-20)13-21-18(23)6-5-15-3-4-15/h14-17H,3-4,7-13H2,1-2H3,(H,21,23)(H,22,24). The van der Waals surface area contributed by atoms with Gasteiger partial charge in [-0.25, -0.2) is 8.42 Å². The molecule has 1 spiro atoms. The van der Waals surface area contributed by atoms with E-state index in [0.717, 1.165) is 12.8 Å². The molecule has 3 fully saturated rings. The first-order valence-corrected chi connectivity index (χ1v) is 11.7. The molecule has 1 saturated heterocycles. The van der Waals surface area contributed by atoms with Crippen molar-refractivity contribution in [3.63, 3.8) is 0 Å². The van der Waals surface area contributed by atoms with E-state index in [4.69, 9.17) is 0 Å². The van der Waals surface area contributed by atoms with Gasteiger partial charge in [0.1, 0.15) is 0 Å². The molecule has 0 bridgehead atoms. The Morgan fingerprint density at radius 2 is 1.85 bits per heavy atom. The maximum absolute atomic E-state index is 12.6. The highest BCUT2D eigenvalue weighted by Crippen LogP contribution is 2.49. The average molecular weight is 395 g/mol. The second-order valence-electron chi connectivity index (χ2n) is 8.89. The Kier molecular flexibility index (Phi) is 5.85. The summed E-state index contributed by atoms with van der Waals surface area (Å²) < 4.78 is 24.6. The molecule has 2 amide bonds. The van der Waals surface area contributed by atoms with Crippen molar-refractivity contribution in [2.75, 3.05) is 12.3 Å². The van der Waals surface area contributed by atoms with Crippen LogP contribution in [-0.2, 0) is 19.4 Å². The smallest absolute Gasteiger partial charge is 0.295 e. The summed E-state index contributed by atoms with van der Waals surface area (Å²) in [5, 5.41) is 5.82. The second kappa shape index (κ2) is 7.83. The second-order valence-corrected chi connectivity index (χ2v) is 11.4. The van der Waals surface area contributed by atoms with Gasteiger partial charge < -0.3 is 10.6 Å². The van der Waals surface area contributed by atoms with Crippen molar-refractivity contribution in [3.05, 3.63) is 0 Å². The van der Waals surface area contributed by atoms with Gasteiger partial charge in [-0.05, 0) is 56.3 Å². The van der Waals surface area contributed by atoms with Crippen LogP contribution >= 0.6 is 0 Å². The number of hydrogen-bond acceptors (Lipinski definition) is 4. The predicted octanol–water partition coefficient (Wildman–Crippen LogP) is 1.40. The van der Waals surface area contributed by atoms with Crippen LogP contribution in [0, 0.1) is 29.6 Å². The highest BCUT2D eigenvalue weighted by Gasteiger charge is 2.56. The molecule has 0 aromatic rings. The molecule has 0 radical (unpaired) electrons. The van der Waals surface area contributed by atoms with E-state index >= 15 is 0 Å². The molecule has 2 saturated carbocycles. The molecule has 6 nitrogen and oxygen atoms in total. The minimum Gasteiger partial charge on any atom is -0.353 e. The number of hydrogen-bond donors (Lipinski definition) is 2. The van der Waals surface area contributed by atoms with Crippen LogP contribution in [0.1, 0.15) is 58.8 Å². The number of amides is 2. The normalized spacial score (nSPS) is 31.5. The summed E-state index contributed by atoms with van der Waals surface area (Å²) in [4.78, 5) is 23.8. The zero-order valence-corrected chi connectivity index (χ0v) is 17.0. The Bertz CT molecular complexity index is 753. The van der Waals surface area contributed by atoms with Crippen molar-refractivity contribution >= 4 is 21.7 Å². The maximum atomic E-state index is 12.6. The van der Waals surface area contributed by atoms with Crippen LogP contribution in [-0.4, -0.2) is 43.3 Å². The van der Waals surface area contributed by atoms with Crippen LogP contribution in [0.3, 0.4) is 0 Å². The van der Waals surface area contributed by atoms with E-state index < -0.39 is 14.6 Å². The number of carbonyl (C=O) groups is 2. The first kappa shape index (κ1) is 20.2. The quantitative estimate of drug-likeness (QED) is 0.690. The minimum absolute atomic E-state index is 0.00169. The average Bonchev–Trinajstić information content (AvgIpc) is 3.34. The molecule has 0 aromatic heterocycles. The van der Waals surface area contributed by atoms with E-state index in [9.17, 15) is 18.0 Å². The number of sulfone groups is 1. The number of carbonyl (C=O) groups excluding carboxylic acids is 2. The van der Waals surface area contributed by atoms with Crippen LogP contribution in [0.25, 0.3) is 0 Å². The molecule has 3 rings (SSSR count). The Morgan fingerprint density at radius 1 is 1.15 bits per heavy atom. The molecule has 0 aromatic carbocycles. The molecular weight excluding hydrogens is 364 g/mol. The summed E-state index contributed by atoms with van der Waals surface area (Å²) in [7, 11) is -3.15. The number of nitrogens with one attached hydrogen (secondary N) is 2. The fraction of sp³-hybridized carbons (Fsp3) is 0.800. The summed E-state index contributed by atoms with van der Waals surface area (Å²) in [5.41, 5.74) is 0. The van der Waals surface area contributed by atoms with E-state index in [1.807, 2.05) is 13.8 Å². The van der Waals surface area contributed by atoms with Gasteiger partial charge in [-0.1, -0.05) is 19.8 Å². The van der Waals surface area contributed by atoms with Gasteiger partial charge in [0.15, 0.2) is 9.84 Å². The summed E-state index contributed by atoms with van der Waals surface area (Å²) in [6, 6.07) is -0.0697. The van der Waals surface area contributed by atoms with Gasteiger partial charge in [0, 0.05) is 24.9 Å². The Balaban J connectivity index is 1.49. The van der Waals surface area contributed by atoms with Crippen molar-refractivity contribution in [3.8, 4) is 11.8 Å². The van der Waals surface area contributed by atoms with Crippen LogP contribution < -0.4 is 10.6 Å². The molecule has 7 heteroatoms. The van der Waals surface area contributed by atoms with Crippen LogP contribution in [0.4, 0.5) is 0 Å². The van der Waals surface area contributed by atoms with E-state index in [1.54, 1.807) is 0 Å². The summed E-state index contributed by atoms with van der Waals surface area (Å²) in [6.07, 6.45) is 4.73. The molecule has 1 atom stereocenters. The van der Waals surface area contributed by atoms with Crippen LogP contribution in [0.5, 0.6) is 0 Å². The van der Waals surface area contributed by atoms with Gasteiger partial charge in [-0.2, -0.15) is 0 Å². The first-order valence-electron chi connectivity index (χ1n) is 10.0. The lowest BCUT2D eigenvalue weighted by Gasteiger charge is -2.51. The van der Waals surface area contributed by atoms with Gasteiger partial charge in [0.25, 0.3) is 5.91 Å². The number of rotatable bonds is 5. The van der Waals surface area contributed by atoms with Gasteiger partial charge >= 0.3 is 0 Å². The van der Waals surface area contributed by atoms with Gasteiger partial charge in [0.05, 0.1) is 10.5 Å². The summed E-state index contributed by atoms with van der Waals surface area (Å²) in [6.45, 7) is 4.46. The molecule has 2 aliphatic carbocycles. The lowest BCUT2D eigenvalue weighted by atomic mass is 9.70. The van der Waals surface area contributed by atoms with Crippen molar-refractivity contribution < 1.29 is 18.0 Å². The highest BCUT2D eigenvalue weighted by molar-refractivity contribution is 7.92. The summed E-state index contributed by atoms with van der Waals surface area (Å²) >= 11 is 0. The molecular formula is C20H30N2O4S. The van der Waals surface area contributed by atoms with E-state index in [0.29, 0.717) is 44.6 Å². The zero-order valence-electron chi connectivity index (χ0n) is 16.2. The lowest BCUT2D eigenvalue weighted by molar-refractivity contribution is -0.122. The fourth-order valence-electron chi connectivity index (χ4n) is 4.21. The van der Waals surface area contributed by atoms with Crippen molar-refractivity contribution in [2.24, 2.45) is 17.8 Å². The van der Waals surface area contributed by atoms with Crippen LogP contribution in [0.2, 0.25) is 0 Å². The molecule has 2 N–H and O–H groups in total. The summed E-state index contributed by atoms with van der Waals surface area (Å²) in [5.74, 6) is 6.23. The largest absolute Gasteiger partial charge is 0.353 e. The predicted molar refractivity (Wildman–Crippen MR) is 103 cm³/mol. The third kappa shape index (κ3) is 5.04. The Hall–Kier alpha value is -1.55. The van der Waals surface area contributed by atoms with Crippen molar-refractivity contribution in [1.82, 2.24) is 10.6 Å². The monoisotopic (exact) mass is 394 g/mol. The molecule has 150 valence electrons. The molecule has 1 unspecified atom stereocenters. The van der Waals surface area contributed by atoms with E-state index in [2.05, 4.69) is 22.5 Å². The molecule has 3 aliphatic rings. The third-order valence-electron chi connectivity index (χ3n) is 5.81. The van der Waals surface area contributed by atoms with Crippen molar-refractivity contribution in [2.45, 2.75) is 69.6 Å². The SMILES string of the molecule is CC(C)CC(=O)NC1CCS(=O)(=O)C2(CC(CNC(=O)C#CC3CC3)C2)C1. The van der Waals surface area contributed by atoms with E-state index in [-0.39, 0.29) is 35.4 Å². The molecule has 1 heterocycles. The molecule has 27 heavy (non-hydrogen) atoms. The molecule has 1 aliphatic heterocycles. The topological polar surface area (TPSA) is 92.3 Å². The minimum atomic E-state index is -3.15. The van der Waals surface area contributed by atoms with Crippen molar-refractivity contribution in [1.29, 1.82) is 0 Å². The Morgan fingerprint density at radius 3 is 2.48 bits per heavy atom. The lowest BCUT2D eigenvalue weighted by Crippen LogP contribution is -2.60. The Labute approximate surface area is 162 Å². The van der Waals surface area contributed by atoms with Gasteiger partial charge in [0.2, 0.25) is 5.91 Å². The van der Waals surface area contributed by atoms with Gasteiger partial charge in [-0.3, -0.25) is 9.59 Å². The van der Waals surface area contributed by atoms with Gasteiger partial charge in [-0.15, -0.1) is 0 Å². The third-order valence-corrected chi connectivity index (χ3v) is 8.40. The van der Waals surface area contributed by atoms with E-state index in [1.165, 1.54) is 0 Å². The first-order chi connectivity index (χ1) is 12.7. The maximum Gasteiger partial charge on any atom is 0.295 e. The zero-order chi connectivity index (χ0) is 19.7.